The molecule has 2 aliphatic carbocycles. The third kappa shape index (κ3) is 6.24. The molecule has 3 aromatic heterocycles. The van der Waals surface area contributed by atoms with Gasteiger partial charge in [0.25, 0.3) is 17.7 Å². The minimum absolute atomic E-state index is 0.105. The van der Waals surface area contributed by atoms with E-state index in [0.29, 0.717) is 37.2 Å². The lowest BCUT2D eigenvalue weighted by Crippen LogP contribution is -2.47. The molecule has 1 unspecified atom stereocenters. The molecule has 4 N–H and O–H groups in total. The fourth-order valence-electron chi connectivity index (χ4n) is 8.21. The maximum atomic E-state index is 13.5. The summed E-state index contributed by atoms with van der Waals surface area (Å²) in [5.74, 6) is -2.18. The predicted molar refractivity (Wildman–Crippen MR) is 198 cm³/mol. The van der Waals surface area contributed by atoms with Crippen molar-refractivity contribution in [1.29, 1.82) is 0 Å². The molecule has 0 spiro atoms. The van der Waals surface area contributed by atoms with E-state index in [-0.39, 0.29) is 60.8 Å². The summed E-state index contributed by atoms with van der Waals surface area (Å²) in [5.41, 5.74) is 8.25. The van der Waals surface area contributed by atoms with Crippen LogP contribution in [0.3, 0.4) is 0 Å². The van der Waals surface area contributed by atoms with Gasteiger partial charge in [-0.3, -0.25) is 43.9 Å². The fourth-order valence-corrected chi connectivity index (χ4v) is 8.21. The number of nitrogens with zero attached hydrogens (tertiary/aromatic N) is 4. The third-order valence-electron chi connectivity index (χ3n) is 10.9. The Labute approximate surface area is 309 Å². The van der Waals surface area contributed by atoms with Crippen molar-refractivity contribution < 1.29 is 28.8 Å². The molecule has 0 saturated heterocycles. The molecule has 5 aromatic rings. The smallest absolute Gasteiger partial charge is 0.272 e. The lowest BCUT2D eigenvalue weighted by atomic mass is 9.85. The van der Waals surface area contributed by atoms with Gasteiger partial charge in [-0.1, -0.05) is 12.1 Å². The summed E-state index contributed by atoms with van der Waals surface area (Å²) in [4.78, 5) is 83.0. The zero-order valence-corrected chi connectivity index (χ0v) is 30.0. The number of aromatic amines is 2. The number of unbranched alkanes of at least 4 members (excludes halogenated alkanes) is 1. The Morgan fingerprint density at radius 2 is 1.69 bits per heavy atom. The zero-order chi connectivity index (χ0) is 37.5. The predicted octanol–water partition coefficient (Wildman–Crippen LogP) is 4.23. The first kappa shape index (κ1) is 35.0. The Hall–Kier alpha value is -6.05. The summed E-state index contributed by atoms with van der Waals surface area (Å²) in [6.07, 6.45) is 7.38. The number of fused-ring (bicyclic) bond motifs is 6. The van der Waals surface area contributed by atoms with Crippen molar-refractivity contribution in [3.8, 4) is 11.3 Å². The molecule has 0 radical (unpaired) electrons. The van der Waals surface area contributed by atoms with Crippen LogP contribution in [0.2, 0.25) is 0 Å². The number of aromatic nitrogens is 5. The number of Topliss-reactive ketones (excluding diaryl/α,β-unsaturated/α-hetero) is 2. The number of aryl methyl sites for hydroxylation is 3. The number of benzene rings is 2. The minimum atomic E-state index is -0.941. The van der Waals surface area contributed by atoms with Crippen molar-refractivity contribution in [2.24, 2.45) is 0 Å². The maximum absolute atomic E-state index is 13.5. The second-order valence-corrected chi connectivity index (χ2v) is 14.4. The molecule has 1 saturated carbocycles. The number of pyridine rings is 1. The number of ketones is 2. The van der Waals surface area contributed by atoms with Crippen molar-refractivity contribution in [2.75, 3.05) is 13.1 Å². The van der Waals surface area contributed by atoms with Crippen LogP contribution in [0.4, 0.5) is 0 Å². The molecule has 1 aliphatic heterocycles. The summed E-state index contributed by atoms with van der Waals surface area (Å²) in [5, 5.41) is 22.4. The number of carbonyl (C=O) groups is 6. The highest BCUT2D eigenvalue weighted by atomic mass is 16.2. The summed E-state index contributed by atoms with van der Waals surface area (Å²) >= 11 is 0. The Bertz CT molecular complexity index is 2390. The number of H-pyrrole nitrogens is 2. The average molecular weight is 729 g/mol. The molecule has 0 bridgehead atoms. The molecule has 8 rings (SSSR count). The standard InChI is InChI=1S/C40H40N8O6/c1-21-27(20-43-45-21)36-25-9-3-2-8-24(25)34-28(44-36)13-14-29-35(34)37(47-46-29)38(52)42-18-5-4-17-41-32(51)16-11-22-7-6-10-26-33(22)40(54)48(39(26)53)30-15-12-23(49)19-31(30)50/h6-7,10,13-14,20,30H,2-5,8-9,11-12,15-19H2,1H3,(H,41,51)(H,42,52)(H,43,45)(H,46,47). The van der Waals surface area contributed by atoms with Crippen molar-refractivity contribution >= 4 is 57.0 Å². The normalized spacial score (nSPS) is 17.0. The molecule has 54 heavy (non-hydrogen) atoms. The summed E-state index contributed by atoms with van der Waals surface area (Å²) < 4.78 is 0. The van der Waals surface area contributed by atoms with E-state index in [9.17, 15) is 28.8 Å². The van der Waals surface area contributed by atoms with E-state index >= 15 is 0 Å². The van der Waals surface area contributed by atoms with Crippen LogP contribution < -0.4 is 10.6 Å². The zero-order valence-electron chi connectivity index (χ0n) is 30.0. The van der Waals surface area contributed by atoms with Gasteiger partial charge in [-0.15, -0.1) is 0 Å². The van der Waals surface area contributed by atoms with E-state index in [4.69, 9.17) is 4.98 Å². The first-order valence-corrected chi connectivity index (χ1v) is 18.6. The highest BCUT2D eigenvalue weighted by Crippen LogP contribution is 2.39. The monoisotopic (exact) mass is 728 g/mol. The molecule has 3 aliphatic rings. The van der Waals surface area contributed by atoms with Gasteiger partial charge < -0.3 is 10.6 Å². The lowest BCUT2D eigenvalue weighted by Gasteiger charge is -2.27. The van der Waals surface area contributed by atoms with Crippen LogP contribution in [0.25, 0.3) is 33.1 Å². The van der Waals surface area contributed by atoms with Gasteiger partial charge in [0.15, 0.2) is 11.5 Å². The number of hydrogen-bond donors (Lipinski definition) is 4. The highest BCUT2D eigenvalue weighted by Gasteiger charge is 2.45. The number of hydrogen-bond acceptors (Lipinski definition) is 9. The van der Waals surface area contributed by atoms with E-state index in [1.807, 2.05) is 25.3 Å². The number of imide groups is 1. The van der Waals surface area contributed by atoms with Crippen molar-refractivity contribution in [2.45, 2.75) is 83.6 Å². The van der Waals surface area contributed by atoms with Gasteiger partial charge in [0.1, 0.15) is 5.78 Å². The van der Waals surface area contributed by atoms with Gasteiger partial charge in [-0.25, -0.2) is 4.98 Å². The summed E-state index contributed by atoms with van der Waals surface area (Å²) in [6.45, 7) is 2.80. The Morgan fingerprint density at radius 3 is 2.46 bits per heavy atom. The van der Waals surface area contributed by atoms with Crippen molar-refractivity contribution in [1.82, 2.24) is 40.9 Å². The van der Waals surface area contributed by atoms with Crippen LogP contribution >= 0.6 is 0 Å². The molecule has 14 nitrogen and oxygen atoms in total. The molecular weight excluding hydrogens is 688 g/mol. The molecule has 14 heteroatoms. The van der Waals surface area contributed by atoms with Crippen LogP contribution in [-0.2, 0) is 33.6 Å². The number of amides is 4. The number of rotatable bonds is 11. The minimum Gasteiger partial charge on any atom is -0.356 e. The van der Waals surface area contributed by atoms with Crippen LogP contribution in [0, 0.1) is 6.92 Å². The highest BCUT2D eigenvalue weighted by molar-refractivity contribution is 6.24. The fraction of sp³-hybridized carbons (Fsp3) is 0.375. The first-order chi connectivity index (χ1) is 26.2. The lowest BCUT2D eigenvalue weighted by molar-refractivity contribution is -0.132. The quantitative estimate of drug-likeness (QED) is 0.0873. The van der Waals surface area contributed by atoms with E-state index in [2.05, 4.69) is 31.0 Å². The van der Waals surface area contributed by atoms with Crippen LogP contribution in [-0.4, -0.2) is 84.6 Å². The van der Waals surface area contributed by atoms with Gasteiger partial charge >= 0.3 is 0 Å². The van der Waals surface area contributed by atoms with Gasteiger partial charge in [0.2, 0.25) is 5.91 Å². The van der Waals surface area contributed by atoms with Gasteiger partial charge in [-0.05, 0) is 93.2 Å². The second kappa shape index (κ2) is 14.4. The Balaban J connectivity index is 0.856. The van der Waals surface area contributed by atoms with E-state index in [1.165, 1.54) is 11.1 Å². The molecule has 276 valence electrons. The molecule has 4 heterocycles. The molecule has 1 atom stereocenters. The van der Waals surface area contributed by atoms with Gasteiger partial charge in [0, 0.05) is 48.0 Å². The average Bonchev–Trinajstić information content (AvgIpc) is 3.87. The number of nitrogens with one attached hydrogen (secondary N) is 4. The van der Waals surface area contributed by atoms with Crippen molar-refractivity contribution in [3.05, 3.63) is 75.7 Å². The van der Waals surface area contributed by atoms with Crippen molar-refractivity contribution in [3.63, 3.8) is 0 Å². The maximum Gasteiger partial charge on any atom is 0.272 e. The van der Waals surface area contributed by atoms with Gasteiger partial charge in [0.05, 0.1) is 46.5 Å². The Kier molecular flexibility index (Phi) is 9.34. The molecule has 4 amide bonds. The number of carbonyl (C=O) groups excluding carboxylic acids is 6. The van der Waals surface area contributed by atoms with E-state index in [1.54, 1.807) is 18.2 Å². The first-order valence-electron chi connectivity index (χ1n) is 18.6. The third-order valence-corrected chi connectivity index (χ3v) is 10.9. The van der Waals surface area contributed by atoms with E-state index < -0.39 is 23.6 Å². The van der Waals surface area contributed by atoms with Crippen LogP contribution in [0.1, 0.15) is 105 Å². The SMILES string of the molecule is Cc1[nH]ncc1-c1nc2ccc3[nH]nc(C(=O)NCCCCNC(=O)CCc4cccc5c4C(=O)N(C4CCC(=O)CC4=O)C5=O)c3c2c2c1CCCC2. The van der Waals surface area contributed by atoms with E-state index in [0.717, 1.165) is 69.3 Å². The molecule has 1 fully saturated rings. The van der Waals surface area contributed by atoms with Crippen LogP contribution in [0.5, 0.6) is 0 Å². The summed E-state index contributed by atoms with van der Waals surface area (Å²) in [7, 11) is 0. The second-order valence-electron chi connectivity index (χ2n) is 14.4. The molecular formula is C40H40N8O6. The Morgan fingerprint density at radius 1 is 0.889 bits per heavy atom. The molecule has 2 aromatic carbocycles. The van der Waals surface area contributed by atoms with Gasteiger partial charge in [-0.2, -0.15) is 10.2 Å². The largest absolute Gasteiger partial charge is 0.356 e. The van der Waals surface area contributed by atoms with Crippen LogP contribution in [0.15, 0.2) is 36.5 Å². The topological polar surface area (TPSA) is 200 Å². The summed E-state index contributed by atoms with van der Waals surface area (Å²) in [6, 6.07) is 7.89.